The molecule has 0 rings (SSSR count). The van der Waals surface area contributed by atoms with Crippen molar-refractivity contribution in [3.05, 3.63) is 10.4 Å². The van der Waals surface area contributed by atoms with Crippen LogP contribution >= 0.6 is 11.6 Å². The van der Waals surface area contributed by atoms with Gasteiger partial charge in [-0.05, 0) is 0 Å². The van der Waals surface area contributed by atoms with E-state index >= 15 is 0 Å². The molecule has 0 fully saturated rings. The van der Waals surface area contributed by atoms with E-state index in [1.807, 2.05) is 0 Å². The molecule has 0 aliphatic rings. The molecule has 0 heterocycles. The van der Waals surface area contributed by atoms with Crippen LogP contribution in [0.3, 0.4) is 0 Å². The van der Waals surface area contributed by atoms with Gasteiger partial charge in [0.2, 0.25) is 0 Å². The molecule has 0 aliphatic carbocycles. The Kier molecular flexibility index (Phi) is 2.12. The summed E-state index contributed by atoms with van der Waals surface area (Å²) in [4.78, 5) is 0. The van der Waals surface area contributed by atoms with E-state index in [4.69, 9.17) is 11.6 Å². The van der Waals surface area contributed by atoms with E-state index in [0.717, 1.165) is 3.86 Å². The molecule has 0 aliphatic heterocycles. The first-order valence-electron chi connectivity index (χ1n) is 1.04. The van der Waals surface area contributed by atoms with Crippen molar-refractivity contribution in [2.24, 2.45) is 0 Å². The van der Waals surface area contributed by atoms with Gasteiger partial charge in [0.1, 0.15) is 0 Å². The summed E-state index contributed by atoms with van der Waals surface area (Å²) in [5, 5.41) is 0. The molecule has 0 amide bonds. The minimum atomic E-state index is 0.633. The van der Waals surface area contributed by atoms with Crippen molar-refractivity contribution in [1.29, 1.82) is 0 Å². The Balaban J connectivity index is 2.80. The second-order valence-corrected chi connectivity index (χ2v) is 5.18. The molecule has 2 heteroatoms. The van der Waals surface area contributed by atoms with Crippen molar-refractivity contribution in [2.75, 3.05) is 0 Å². The first-order valence-corrected chi connectivity index (χ1v) is 3.52. The standard InChI is InChI=1S/C2H5ClGe/c1-2(3)4/h1H2,4H3. The molecule has 24 valence electrons. The first-order chi connectivity index (χ1) is 1.73. The SMILES string of the molecule is C=[C](Cl)[GeH3]. The average molecular weight is 137 g/mol. The van der Waals surface area contributed by atoms with Gasteiger partial charge in [-0.2, -0.15) is 0 Å². The molecule has 0 radical (unpaired) electrons. The summed E-state index contributed by atoms with van der Waals surface area (Å²) in [5.74, 6) is 0. The summed E-state index contributed by atoms with van der Waals surface area (Å²) in [6.07, 6.45) is 0. The predicted octanol–water partition coefficient (Wildman–Crippen LogP) is 0.0618. The molecule has 0 bridgehead atoms. The molecule has 0 nitrogen and oxygen atoms in total. The van der Waals surface area contributed by atoms with Crippen LogP contribution in [0, 0.1) is 0 Å². The van der Waals surface area contributed by atoms with E-state index in [1.165, 1.54) is 0 Å². The fraction of sp³-hybridized carbons (Fsp3) is 0. The first kappa shape index (κ1) is 4.57. The van der Waals surface area contributed by atoms with Crippen LogP contribution < -0.4 is 0 Å². The normalized spacial score (nSPS) is 7.25. The zero-order chi connectivity index (χ0) is 3.58. The summed E-state index contributed by atoms with van der Waals surface area (Å²) in [7, 11) is 0. The fourth-order valence-corrected chi connectivity index (χ4v) is 0. The van der Waals surface area contributed by atoms with Crippen LogP contribution in [0.1, 0.15) is 0 Å². The quantitative estimate of drug-likeness (QED) is 0.414. The molecule has 0 spiro atoms. The number of rotatable bonds is 0. The summed E-state index contributed by atoms with van der Waals surface area (Å²) < 4.78 is 0.826. The summed E-state index contributed by atoms with van der Waals surface area (Å²) in [5.41, 5.74) is 0. The van der Waals surface area contributed by atoms with Crippen molar-refractivity contribution in [2.45, 2.75) is 0 Å². The maximum absolute atomic E-state index is 5.16. The zero-order valence-electron chi connectivity index (χ0n) is 2.59. The van der Waals surface area contributed by atoms with Crippen molar-refractivity contribution < 1.29 is 0 Å². The van der Waals surface area contributed by atoms with Crippen LogP contribution in [0.25, 0.3) is 0 Å². The maximum atomic E-state index is 5.16. The zero-order valence-corrected chi connectivity index (χ0v) is 7.54. The van der Waals surface area contributed by atoms with Gasteiger partial charge in [-0.1, -0.05) is 0 Å². The Morgan fingerprint density at radius 1 is 2.00 bits per heavy atom. The Hall–Kier alpha value is 0.573. The van der Waals surface area contributed by atoms with Crippen LogP contribution in [0.5, 0.6) is 0 Å². The molecule has 0 saturated heterocycles. The molecule has 0 saturated carbocycles. The molecule has 0 aromatic carbocycles. The van der Waals surface area contributed by atoms with E-state index in [2.05, 4.69) is 6.58 Å². The number of hydrogen-bond acceptors (Lipinski definition) is 0. The third-order valence-electron chi connectivity index (χ3n) is 0. The van der Waals surface area contributed by atoms with Gasteiger partial charge in [0.25, 0.3) is 0 Å². The summed E-state index contributed by atoms with van der Waals surface area (Å²) >= 11 is 5.80. The van der Waals surface area contributed by atoms with Gasteiger partial charge in [-0.25, -0.2) is 0 Å². The second-order valence-electron chi connectivity index (χ2n) is 0.676. The Morgan fingerprint density at radius 3 is 2.00 bits per heavy atom. The van der Waals surface area contributed by atoms with Gasteiger partial charge in [0, 0.05) is 0 Å². The molecular formula is C2H5ClGe. The number of halogens is 1. The van der Waals surface area contributed by atoms with E-state index in [1.54, 1.807) is 0 Å². The Bertz CT molecular complexity index is 29.0. The summed E-state index contributed by atoms with van der Waals surface area (Å²) in [6.45, 7) is 3.40. The molecule has 0 aromatic rings. The van der Waals surface area contributed by atoms with Gasteiger partial charge in [0.05, 0.1) is 0 Å². The molecule has 0 N–H and O–H groups in total. The van der Waals surface area contributed by atoms with Gasteiger partial charge >= 0.3 is 38.6 Å². The van der Waals surface area contributed by atoms with E-state index < -0.39 is 0 Å². The molecule has 0 atom stereocenters. The van der Waals surface area contributed by atoms with Crippen LogP contribution in [0.4, 0.5) is 0 Å². The minimum absolute atomic E-state index is 0.633. The second kappa shape index (κ2) is 1.85. The molecular weight excluding hydrogens is 132 g/mol. The van der Waals surface area contributed by atoms with Crippen molar-refractivity contribution in [1.82, 2.24) is 0 Å². The van der Waals surface area contributed by atoms with Gasteiger partial charge in [-0.15, -0.1) is 0 Å². The van der Waals surface area contributed by atoms with Crippen LogP contribution in [0.2, 0.25) is 0 Å². The summed E-state index contributed by atoms with van der Waals surface area (Å²) in [6, 6.07) is 0. The van der Waals surface area contributed by atoms with Crippen LogP contribution in [0.15, 0.2) is 10.4 Å². The average Bonchev–Trinajstić information content (AvgIpc) is 0.811. The van der Waals surface area contributed by atoms with E-state index in [9.17, 15) is 0 Å². The van der Waals surface area contributed by atoms with E-state index in [-0.39, 0.29) is 0 Å². The number of hydrogen-bond donors (Lipinski definition) is 0. The van der Waals surface area contributed by atoms with Crippen LogP contribution in [-0.4, -0.2) is 16.5 Å². The van der Waals surface area contributed by atoms with Crippen molar-refractivity contribution in [3.63, 3.8) is 0 Å². The Labute approximate surface area is 39.1 Å². The van der Waals surface area contributed by atoms with Gasteiger partial charge < -0.3 is 0 Å². The third-order valence-corrected chi connectivity index (χ3v) is 0. The van der Waals surface area contributed by atoms with E-state index in [0.29, 0.717) is 16.5 Å². The monoisotopic (exact) mass is 138 g/mol. The van der Waals surface area contributed by atoms with Gasteiger partial charge in [-0.3, -0.25) is 0 Å². The van der Waals surface area contributed by atoms with Gasteiger partial charge in [0.15, 0.2) is 0 Å². The molecule has 4 heavy (non-hydrogen) atoms. The van der Waals surface area contributed by atoms with Crippen LogP contribution in [-0.2, 0) is 0 Å². The van der Waals surface area contributed by atoms with Crippen molar-refractivity contribution >= 4 is 28.1 Å². The fourth-order valence-electron chi connectivity index (χ4n) is 0. The Morgan fingerprint density at radius 2 is 2.00 bits per heavy atom. The van der Waals surface area contributed by atoms with Crippen molar-refractivity contribution in [3.8, 4) is 0 Å². The topological polar surface area (TPSA) is 0 Å². The third kappa shape index (κ3) is 19.4. The molecule has 0 aromatic heterocycles. The molecule has 0 unspecified atom stereocenters. The predicted molar refractivity (Wildman–Crippen MR) is 24.9 cm³/mol.